The summed E-state index contributed by atoms with van der Waals surface area (Å²) in [4.78, 5) is 18.8. The van der Waals surface area contributed by atoms with Gasteiger partial charge in [0.1, 0.15) is 0 Å². The van der Waals surface area contributed by atoms with Gasteiger partial charge in [0.2, 0.25) is 0 Å². The van der Waals surface area contributed by atoms with Gasteiger partial charge in [0.05, 0.1) is 24.6 Å². The average Bonchev–Trinajstić information content (AvgIpc) is 3.26. The van der Waals surface area contributed by atoms with E-state index in [4.69, 9.17) is 0 Å². The van der Waals surface area contributed by atoms with Crippen molar-refractivity contribution in [1.82, 2.24) is 30.3 Å². The Balaban J connectivity index is 1.62. The van der Waals surface area contributed by atoms with Gasteiger partial charge in [-0.2, -0.15) is 13.2 Å². The van der Waals surface area contributed by atoms with Crippen LogP contribution in [0.15, 0.2) is 43.0 Å². The first-order chi connectivity index (χ1) is 12.4. The van der Waals surface area contributed by atoms with Crippen molar-refractivity contribution in [3.63, 3.8) is 0 Å². The summed E-state index contributed by atoms with van der Waals surface area (Å²) in [5, 5.41) is 10.1. The summed E-state index contributed by atoms with van der Waals surface area (Å²) in [5.74, 6) is -0.445. The summed E-state index contributed by atoms with van der Waals surface area (Å²) >= 11 is 0. The molecule has 0 bridgehead atoms. The van der Waals surface area contributed by atoms with E-state index >= 15 is 0 Å². The highest BCUT2D eigenvalue weighted by atomic mass is 19.4. The molecule has 0 aliphatic carbocycles. The quantitative estimate of drug-likeness (QED) is 0.701. The minimum absolute atomic E-state index is 0.0408. The van der Waals surface area contributed by atoms with Crippen molar-refractivity contribution < 1.29 is 18.0 Å². The highest BCUT2D eigenvalue weighted by Gasteiger charge is 2.33. The van der Waals surface area contributed by atoms with E-state index in [1.54, 1.807) is 12.5 Å². The van der Waals surface area contributed by atoms with Gasteiger partial charge in [0, 0.05) is 24.9 Å². The van der Waals surface area contributed by atoms with Crippen molar-refractivity contribution >= 4 is 5.91 Å². The van der Waals surface area contributed by atoms with Crippen LogP contribution in [0, 0.1) is 0 Å². The lowest BCUT2D eigenvalue weighted by molar-refractivity contribution is -0.138. The van der Waals surface area contributed by atoms with Gasteiger partial charge in [-0.05, 0) is 11.6 Å². The van der Waals surface area contributed by atoms with Crippen molar-refractivity contribution in [2.24, 2.45) is 0 Å². The fraction of sp³-hybridized carbons (Fsp3) is 0.250. The van der Waals surface area contributed by atoms with E-state index in [9.17, 15) is 18.0 Å². The molecule has 0 fully saturated rings. The van der Waals surface area contributed by atoms with E-state index in [0.29, 0.717) is 13.0 Å². The van der Waals surface area contributed by atoms with Gasteiger partial charge in [0.25, 0.3) is 5.91 Å². The molecule has 0 atom stereocenters. The normalized spacial score (nSPS) is 11.5. The fourth-order valence-corrected chi connectivity index (χ4v) is 2.41. The predicted octanol–water partition coefficient (Wildman–Crippen LogP) is 2.04. The van der Waals surface area contributed by atoms with Crippen LogP contribution in [0.25, 0.3) is 0 Å². The molecule has 0 saturated heterocycles. The van der Waals surface area contributed by atoms with E-state index in [0.717, 1.165) is 11.8 Å². The van der Waals surface area contributed by atoms with Gasteiger partial charge >= 0.3 is 6.18 Å². The number of aromatic nitrogens is 5. The molecule has 0 saturated carbocycles. The zero-order valence-corrected chi connectivity index (χ0v) is 13.5. The number of nitrogens with zero attached hydrogens (tertiary/aromatic N) is 4. The Bertz CT molecular complexity index is 872. The first-order valence-electron chi connectivity index (χ1n) is 7.74. The topological polar surface area (TPSA) is 88.5 Å². The highest BCUT2D eigenvalue weighted by Crippen LogP contribution is 2.32. The van der Waals surface area contributed by atoms with Gasteiger partial charge in [0.15, 0.2) is 5.69 Å². The molecule has 3 aromatic rings. The number of hydrogen-bond acceptors (Lipinski definition) is 4. The number of halogens is 3. The largest absolute Gasteiger partial charge is 0.416 e. The van der Waals surface area contributed by atoms with E-state index in [1.165, 1.54) is 29.1 Å². The standard InChI is InChI=1S/C16H15F3N6O/c17-16(18,19)13-4-2-1-3-11(13)8-25-9-14(23-24-25)15(26)21-6-5-12-7-20-10-22-12/h1-4,7,9-10H,5-6,8H2,(H,20,22)(H,21,26). The third-order valence-corrected chi connectivity index (χ3v) is 3.66. The van der Waals surface area contributed by atoms with Gasteiger partial charge < -0.3 is 10.3 Å². The Kier molecular flexibility index (Phi) is 5.01. The van der Waals surface area contributed by atoms with Crippen molar-refractivity contribution in [1.29, 1.82) is 0 Å². The molecule has 0 aliphatic heterocycles. The lowest BCUT2D eigenvalue weighted by Gasteiger charge is -2.12. The maximum atomic E-state index is 13.0. The van der Waals surface area contributed by atoms with Crippen LogP contribution in [0.5, 0.6) is 0 Å². The molecule has 1 aromatic carbocycles. The smallest absolute Gasteiger partial charge is 0.350 e. The number of H-pyrrole nitrogens is 1. The number of amides is 1. The fourth-order valence-electron chi connectivity index (χ4n) is 2.41. The number of carbonyl (C=O) groups is 1. The molecule has 0 radical (unpaired) electrons. The molecule has 26 heavy (non-hydrogen) atoms. The Hall–Kier alpha value is -3.17. The Morgan fingerprint density at radius 3 is 2.81 bits per heavy atom. The maximum absolute atomic E-state index is 13.0. The molecular formula is C16H15F3N6O. The average molecular weight is 364 g/mol. The molecule has 2 aromatic heterocycles. The van der Waals surface area contributed by atoms with E-state index in [2.05, 4.69) is 25.6 Å². The third-order valence-electron chi connectivity index (χ3n) is 3.66. The molecule has 2 heterocycles. The predicted molar refractivity (Wildman–Crippen MR) is 85.2 cm³/mol. The summed E-state index contributed by atoms with van der Waals surface area (Å²) in [5.41, 5.74) is 0.231. The number of hydrogen-bond donors (Lipinski definition) is 2. The summed E-state index contributed by atoms with van der Waals surface area (Å²) in [6.45, 7) is 0.231. The molecule has 3 rings (SSSR count). The lowest BCUT2D eigenvalue weighted by atomic mass is 10.1. The van der Waals surface area contributed by atoms with Crippen molar-refractivity contribution in [2.75, 3.05) is 6.54 Å². The molecular weight excluding hydrogens is 349 g/mol. The second kappa shape index (κ2) is 7.38. The summed E-state index contributed by atoms with van der Waals surface area (Å²) in [6, 6.07) is 5.22. The number of rotatable bonds is 6. The number of benzene rings is 1. The Labute approximate surface area is 146 Å². The second-order valence-corrected chi connectivity index (χ2v) is 5.54. The molecule has 0 unspecified atom stereocenters. The van der Waals surface area contributed by atoms with Crippen LogP contribution < -0.4 is 5.32 Å². The molecule has 10 heteroatoms. The number of imidazole rings is 1. The zero-order valence-electron chi connectivity index (χ0n) is 13.5. The van der Waals surface area contributed by atoms with Gasteiger partial charge in [-0.25, -0.2) is 9.67 Å². The van der Waals surface area contributed by atoms with E-state index in [-0.39, 0.29) is 17.8 Å². The zero-order chi connectivity index (χ0) is 18.6. The van der Waals surface area contributed by atoms with E-state index < -0.39 is 17.6 Å². The van der Waals surface area contributed by atoms with Crippen molar-refractivity contribution in [2.45, 2.75) is 19.1 Å². The Morgan fingerprint density at radius 2 is 2.08 bits per heavy atom. The number of aromatic amines is 1. The van der Waals surface area contributed by atoms with Gasteiger partial charge in [-0.3, -0.25) is 4.79 Å². The molecule has 136 valence electrons. The van der Waals surface area contributed by atoms with Gasteiger partial charge in [-0.15, -0.1) is 5.10 Å². The lowest BCUT2D eigenvalue weighted by Crippen LogP contribution is -2.26. The minimum atomic E-state index is -4.45. The van der Waals surface area contributed by atoms with Crippen molar-refractivity contribution in [3.05, 3.63) is 65.5 Å². The van der Waals surface area contributed by atoms with Crippen LogP contribution >= 0.6 is 0 Å². The van der Waals surface area contributed by atoms with Gasteiger partial charge in [-0.1, -0.05) is 23.4 Å². The van der Waals surface area contributed by atoms with Crippen LogP contribution in [-0.4, -0.2) is 37.4 Å². The minimum Gasteiger partial charge on any atom is -0.350 e. The first-order valence-corrected chi connectivity index (χ1v) is 7.74. The summed E-state index contributed by atoms with van der Waals surface area (Å²) in [7, 11) is 0. The highest BCUT2D eigenvalue weighted by molar-refractivity contribution is 5.91. The number of nitrogens with one attached hydrogen (secondary N) is 2. The second-order valence-electron chi connectivity index (χ2n) is 5.54. The Morgan fingerprint density at radius 1 is 1.27 bits per heavy atom. The molecule has 2 N–H and O–H groups in total. The third kappa shape index (κ3) is 4.26. The molecule has 0 spiro atoms. The van der Waals surface area contributed by atoms with E-state index in [1.807, 2.05) is 0 Å². The molecule has 0 aliphatic rings. The number of carbonyl (C=O) groups excluding carboxylic acids is 1. The molecule has 7 nitrogen and oxygen atoms in total. The first kappa shape index (κ1) is 17.6. The van der Waals surface area contributed by atoms with Crippen LogP contribution in [0.3, 0.4) is 0 Å². The summed E-state index contributed by atoms with van der Waals surface area (Å²) in [6.07, 6.45) is 0.629. The molecule has 1 amide bonds. The van der Waals surface area contributed by atoms with Crippen LogP contribution in [-0.2, 0) is 19.1 Å². The van der Waals surface area contributed by atoms with Crippen LogP contribution in [0.4, 0.5) is 13.2 Å². The van der Waals surface area contributed by atoms with Crippen molar-refractivity contribution in [3.8, 4) is 0 Å². The number of alkyl halides is 3. The van der Waals surface area contributed by atoms with Crippen LogP contribution in [0.1, 0.15) is 27.3 Å². The summed E-state index contributed by atoms with van der Waals surface area (Å²) < 4.78 is 40.3. The SMILES string of the molecule is O=C(NCCc1cnc[nH]1)c1cn(Cc2ccccc2C(F)(F)F)nn1. The monoisotopic (exact) mass is 364 g/mol. The maximum Gasteiger partial charge on any atom is 0.416 e. The van der Waals surface area contributed by atoms with Crippen LogP contribution in [0.2, 0.25) is 0 Å².